The van der Waals surface area contributed by atoms with E-state index < -0.39 is 5.97 Å². The third-order valence-corrected chi connectivity index (χ3v) is 1.42. The third-order valence-electron chi connectivity index (χ3n) is 1.42. The molecule has 88 valence electrons. The number of carboxylic acids is 1. The molecule has 0 aliphatic heterocycles. The normalized spacial score (nSPS) is 7.75. The molecular formula is C11H15NO4. The van der Waals surface area contributed by atoms with Gasteiger partial charge in [-0.1, -0.05) is 13.2 Å². The number of hydrogen-bond donors (Lipinski definition) is 1. The highest BCUT2D eigenvalue weighted by molar-refractivity contribution is 5.87. The van der Waals surface area contributed by atoms with Crippen molar-refractivity contribution >= 4 is 11.9 Å². The second-order valence-electron chi connectivity index (χ2n) is 2.65. The second-order valence-corrected chi connectivity index (χ2v) is 2.65. The summed E-state index contributed by atoms with van der Waals surface area (Å²) in [5, 5.41) is 15.8. The molecule has 0 fully saturated rings. The van der Waals surface area contributed by atoms with Gasteiger partial charge in [-0.25, -0.2) is 9.59 Å². The lowest BCUT2D eigenvalue weighted by atomic mass is 10.1. The second kappa shape index (κ2) is 11.0. The first-order chi connectivity index (χ1) is 7.49. The number of carbonyl (C=O) groups excluding carboxylic acids is 1. The van der Waals surface area contributed by atoms with E-state index in [9.17, 15) is 9.59 Å². The summed E-state index contributed by atoms with van der Waals surface area (Å²) in [4.78, 5) is 20.0. The van der Waals surface area contributed by atoms with Gasteiger partial charge in [0.05, 0.1) is 13.2 Å². The van der Waals surface area contributed by atoms with E-state index in [4.69, 9.17) is 10.4 Å². The first-order valence-corrected chi connectivity index (χ1v) is 4.48. The summed E-state index contributed by atoms with van der Waals surface area (Å²) in [5.41, 5.74) is 0.433. The molecule has 0 aromatic rings. The van der Waals surface area contributed by atoms with E-state index in [0.29, 0.717) is 24.8 Å². The van der Waals surface area contributed by atoms with Crippen LogP contribution in [0.25, 0.3) is 0 Å². The first kappa shape index (κ1) is 16.3. The lowest BCUT2D eigenvalue weighted by molar-refractivity contribution is -0.136. The number of esters is 1. The molecule has 0 aliphatic carbocycles. The molecule has 0 aromatic carbocycles. The summed E-state index contributed by atoms with van der Waals surface area (Å²) in [7, 11) is 1.32. The lowest BCUT2D eigenvalue weighted by Crippen LogP contribution is -2.02. The molecule has 0 saturated heterocycles. The largest absolute Gasteiger partial charge is 0.478 e. The molecule has 0 aromatic heterocycles. The van der Waals surface area contributed by atoms with Gasteiger partial charge in [-0.15, -0.1) is 0 Å². The molecule has 0 atom stereocenters. The summed E-state index contributed by atoms with van der Waals surface area (Å²) >= 11 is 0. The Balaban J connectivity index is 0. The van der Waals surface area contributed by atoms with E-state index in [0.717, 1.165) is 6.08 Å². The van der Waals surface area contributed by atoms with Gasteiger partial charge in [0.25, 0.3) is 0 Å². The summed E-state index contributed by atoms with van der Waals surface area (Å²) in [5.74, 6) is -1.37. The maximum atomic E-state index is 10.7. The van der Waals surface area contributed by atoms with Crippen LogP contribution in [0.5, 0.6) is 0 Å². The zero-order valence-electron chi connectivity index (χ0n) is 9.23. The Morgan fingerprint density at radius 1 is 1.56 bits per heavy atom. The van der Waals surface area contributed by atoms with E-state index in [2.05, 4.69) is 17.9 Å². The Morgan fingerprint density at radius 3 is 2.38 bits per heavy atom. The fraction of sp³-hybridized carbons (Fsp3) is 0.364. The molecule has 5 nitrogen and oxygen atoms in total. The fourth-order valence-electron chi connectivity index (χ4n) is 0.627. The van der Waals surface area contributed by atoms with Crippen molar-refractivity contribution in [2.24, 2.45) is 0 Å². The maximum Gasteiger partial charge on any atom is 0.333 e. The number of nitrogens with zero attached hydrogens (tertiary/aromatic N) is 1. The van der Waals surface area contributed by atoms with Crippen LogP contribution in [0.15, 0.2) is 24.8 Å². The highest BCUT2D eigenvalue weighted by Gasteiger charge is 2.04. The number of aliphatic carboxylic acids is 1. The number of carbonyl (C=O) groups is 2. The van der Waals surface area contributed by atoms with Crippen LogP contribution in [-0.2, 0) is 14.3 Å². The van der Waals surface area contributed by atoms with Gasteiger partial charge in [0.2, 0.25) is 0 Å². The quantitative estimate of drug-likeness (QED) is 0.437. The smallest absolute Gasteiger partial charge is 0.333 e. The Kier molecular flexibility index (Phi) is 11.2. The van der Waals surface area contributed by atoms with Crippen molar-refractivity contribution in [3.8, 4) is 6.07 Å². The van der Waals surface area contributed by atoms with Crippen LogP contribution in [0, 0.1) is 11.3 Å². The molecule has 0 heterocycles. The maximum absolute atomic E-state index is 10.7. The van der Waals surface area contributed by atoms with Crippen LogP contribution in [-0.4, -0.2) is 24.2 Å². The first-order valence-electron chi connectivity index (χ1n) is 4.48. The van der Waals surface area contributed by atoms with Crippen LogP contribution in [0.1, 0.15) is 19.3 Å². The lowest BCUT2D eigenvalue weighted by Gasteiger charge is -1.99. The molecule has 0 rings (SSSR count). The Hall–Kier alpha value is -2.09. The molecule has 0 unspecified atom stereocenters. The van der Waals surface area contributed by atoms with Crippen molar-refractivity contribution in [3.05, 3.63) is 24.8 Å². The molecule has 0 radical (unpaired) electrons. The van der Waals surface area contributed by atoms with Crippen molar-refractivity contribution in [1.82, 2.24) is 0 Å². The highest BCUT2D eigenvalue weighted by atomic mass is 16.5. The van der Waals surface area contributed by atoms with Crippen molar-refractivity contribution in [2.45, 2.75) is 19.3 Å². The number of ether oxygens (including phenoxy) is 1. The summed E-state index contributed by atoms with van der Waals surface area (Å²) < 4.78 is 4.42. The van der Waals surface area contributed by atoms with Crippen LogP contribution >= 0.6 is 0 Å². The van der Waals surface area contributed by atoms with E-state index in [1.807, 2.05) is 6.07 Å². The van der Waals surface area contributed by atoms with Crippen molar-refractivity contribution in [3.63, 3.8) is 0 Å². The molecule has 5 heteroatoms. The predicted octanol–water partition coefficient (Wildman–Crippen LogP) is 1.67. The van der Waals surface area contributed by atoms with Crippen LogP contribution in [0.3, 0.4) is 0 Å². The van der Waals surface area contributed by atoms with Gasteiger partial charge in [-0.3, -0.25) is 0 Å². The molecule has 0 bridgehead atoms. The molecule has 0 saturated carbocycles. The number of unbranched alkanes of at least 4 members (excludes halogenated alkanes) is 1. The van der Waals surface area contributed by atoms with Gasteiger partial charge in [0, 0.05) is 18.1 Å². The minimum absolute atomic E-state index is 0.386. The fourth-order valence-corrected chi connectivity index (χ4v) is 0.627. The van der Waals surface area contributed by atoms with Gasteiger partial charge in [0.15, 0.2) is 0 Å². The van der Waals surface area contributed by atoms with Gasteiger partial charge in [-0.2, -0.15) is 5.26 Å². The van der Waals surface area contributed by atoms with Crippen molar-refractivity contribution in [1.29, 1.82) is 5.26 Å². The van der Waals surface area contributed by atoms with Crippen LogP contribution in [0.4, 0.5) is 0 Å². The highest BCUT2D eigenvalue weighted by Crippen LogP contribution is 2.05. The average Bonchev–Trinajstić information content (AvgIpc) is 2.28. The van der Waals surface area contributed by atoms with Gasteiger partial charge >= 0.3 is 11.9 Å². The van der Waals surface area contributed by atoms with E-state index >= 15 is 0 Å². The minimum atomic E-state index is -0.981. The Morgan fingerprint density at radius 2 is 2.06 bits per heavy atom. The molecule has 0 amide bonds. The zero-order chi connectivity index (χ0) is 13.0. The van der Waals surface area contributed by atoms with E-state index in [-0.39, 0.29) is 5.97 Å². The Bertz CT molecular complexity index is 302. The standard InChI is InChI=1S/C8H11NO2.C3H4O2/c1-7(8(10)11-2)5-3-4-6-9;1-2-3(4)5/h1,3-5H2,2H3;2H,1H2,(H,4,5). The van der Waals surface area contributed by atoms with E-state index in [1.54, 1.807) is 0 Å². The van der Waals surface area contributed by atoms with Crippen molar-refractivity contribution < 1.29 is 19.4 Å². The number of nitriles is 1. The third kappa shape index (κ3) is 11.9. The van der Waals surface area contributed by atoms with E-state index in [1.165, 1.54) is 7.11 Å². The Labute approximate surface area is 94.6 Å². The molecule has 0 aliphatic rings. The molecule has 0 spiro atoms. The van der Waals surface area contributed by atoms with Gasteiger partial charge < -0.3 is 9.84 Å². The van der Waals surface area contributed by atoms with Crippen LogP contribution < -0.4 is 0 Å². The zero-order valence-corrected chi connectivity index (χ0v) is 9.23. The van der Waals surface area contributed by atoms with Gasteiger partial charge in [0.1, 0.15) is 0 Å². The molecular weight excluding hydrogens is 210 g/mol. The molecule has 1 N–H and O–H groups in total. The predicted molar refractivity (Wildman–Crippen MR) is 58.5 cm³/mol. The minimum Gasteiger partial charge on any atom is -0.478 e. The van der Waals surface area contributed by atoms with Gasteiger partial charge in [-0.05, 0) is 12.8 Å². The van der Waals surface area contributed by atoms with Crippen molar-refractivity contribution in [2.75, 3.05) is 7.11 Å². The topological polar surface area (TPSA) is 87.4 Å². The molecule has 16 heavy (non-hydrogen) atoms. The monoisotopic (exact) mass is 225 g/mol. The summed E-state index contributed by atoms with van der Waals surface area (Å²) in [6.07, 6.45) is 2.50. The number of rotatable bonds is 5. The number of methoxy groups -OCH3 is 1. The number of carboxylic acid groups (broad SMARTS) is 1. The summed E-state index contributed by atoms with van der Waals surface area (Å²) in [6, 6.07) is 1.99. The average molecular weight is 225 g/mol. The summed E-state index contributed by atoms with van der Waals surface area (Å²) in [6.45, 7) is 6.47. The SMILES string of the molecule is C=C(CCCC#N)C(=O)OC.C=CC(=O)O. The van der Waals surface area contributed by atoms with Crippen LogP contribution in [0.2, 0.25) is 0 Å². The number of hydrogen-bond acceptors (Lipinski definition) is 4.